The Morgan fingerprint density at radius 3 is 0.944 bits per heavy atom. The van der Waals surface area contributed by atoms with Crippen molar-refractivity contribution in [2.75, 3.05) is 26.4 Å². The molecule has 0 amide bonds. The van der Waals surface area contributed by atoms with E-state index in [1.54, 1.807) is 0 Å². The van der Waals surface area contributed by atoms with E-state index in [0.717, 1.165) is 0 Å². The maximum atomic E-state index is 13.4. The number of carbonyl (C=O) groups excluding carboxylic acids is 2. The molecule has 0 bridgehead atoms. The van der Waals surface area contributed by atoms with Gasteiger partial charge in [0.15, 0.2) is 11.5 Å². The van der Waals surface area contributed by atoms with Crippen LogP contribution in [0.25, 0.3) is 0 Å². The van der Waals surface area contributed by atoms with Gasteiger partial charge in [0.25, 0.3) is 0 Å². The first kappa shape index (κ1) is 28.5. The van der Waals surface area contributed by atoms with Crippen LogP contribution in [0.15, 0.2) is 0 Å². The van der Waals surface area contributed by atoms with E-state index in [0.29, 0.717) is 0 Å². The maximum Gasteiger partial charge on any atom is 0.306 e. The zero-order valence-corrected chi connectivity index (χ0v) is 17.5. The third-order valence-electron chi connectivity index (χ3n) is 4.06. The molecule has 6 nitrogen and oxygen atoms in total. The van der Waals surface area contributed by atoms with Crippen LogP contribution in [-0.2, 0) is 19.1 Å². The molecule has 198 valence electrons. The Hall–Kier alpha value is -3.72. The molecule has 2 aromatic rings. The quantitative estimate of drug-likeness (QED) is 0.139. The molecule has 16 heteroatoms. The van der Waals surface area contributed by atoms with Gasteiger partial charge in [0.1, 0.15) is 26.4 Å². The first-order chi connectivity index (χ1) is 16.9. The molecule has 0 saturated carbocycles. The summed E-state index contributed by atoms with van der Waals surface area (Å²) in [5, 5.41) is 0. The van der Waals surface area contributed by atoms with E-state index in [9.17, 15) is 53.5 Å². The Morgan fingerprint density at radius 2 is 0.667 bits per heavy atom. The lowest BCUT2D eigenvalue weighted by Crippen LogP contribution is -2.17. The molecule has 0 aliphatic heterocycles. The summed E-state index contributed by atoms with van der Waals surface area (Å²) in [4.78, 5) is 23.0. The van der Waals surface area contributed by atoms with Crippen LogP contribution in [0.5, 0.6) is 11.5 Å². The second-order valence-electron chi connectivity index (χ2n) is 6.44. The highest BCUT2D eigenvalue weighted by atomic mass is 19.2. The summed E-state index contributed by atoms with van der Waals surface area (Å²) in [6, 6.07) is 0. The number of esters is 2. The van der Waals surface area contributed by atoms with Crippen molar-refractivity contribution in [1.82, 2.24) is 0 Å². The third kappa shape index (κ3) is 6.48. The molecule has 0 aliphatic carbocycles. The summed E-state index contributed by atoms with van der Waals surface area (Å²) >= 11 is 0. The fraction of sp³-hybridized carbons (Fsp3) is 0.300. The van der Waals surface area contributed by atoms with Crippen molar-refractivity contribution in [2.24, 2.45) is 0 Å². The minimum absolute atomic E-state index is 0.611. The van der Waals surface area contributed by atoms with Crippen molar-refractivity contribution >= 4 is 11.9 Å². The lowest BCUT2D eigenvalue weighted by atomic mass is 10.2. The molecule has 0 saturated heterocycles. The SMILES string of the molecule is O=C(CCC(=O)OCCOc1c(F)c(F)c(F)c(F)c1F)OCCOc1c(F)c(F)c(F)c(F)c1F. The van der Waals surface area contributed by atoms with Gasteiger partial charge in [-0.2, -0.15) is 17.6 Å². The monoisotopic (exact) mass is 538 g/mol. The summed E-state index contributed by atoms with van der Waals surface area (Å²) in [7, 11) is 0. The van der Waals surface area contributed by atoms with Gasteiger partial charge in [0.2, 0.25) is 58.2 Å². The van der Waals surface area contributed by atoms with E-state index < -0.39 is 121 Å². The largest absolute Gasteiger partial charge is 0.484 e. The minimum atomic E-state index is -2.39. The van der Waals surface area contributed by atoms with Crippen LogP contribution >= 0.6 is 0 Å². The maximum absolute atomic E-state index is 13.4. The van der Waals surface area contributed by atoms with Crippen LogP contribution in [0.4, 0.5) is 43.9 Å². The molecule has 0 atom stereocenters. The van der Waals surface area contributed by atoms with Gasteiger partial charge >= 0.3 is 11.9 Å². The number of hydrogen-bond acceptors (Lipinski definition) is 6. The fourth-order valence-corrected chi connectivity index (χ4v) is 2.37. The number of carbonyl (C=O) groups is 2. The molecule has 0 radical (unpaired) electrons. The number of halogens is 10. The topological polar surface area (TPSA) is 71.1 Å². The van der Waals surface area contributed by atoms with Crippen LogP contribution in [-0.4, -0.2) is 38.4 Å². The Bertz CT molecular complexity index is 1010. The summed E-state index contributed by atoms with van der Waals surface area (Å²) in [5.74, 6) is -28.0. The first-order valence-electron chi connectivity index (χ1n) is 9.48. The highest BCUT2D eigenvalue weighted by molar-refractivity contribution is 5.77. The summed E-state index contributed by atoms with van der Waals surface area (Å²) in [6.45, 7) is -3.04. The van der Waals surface area contributed by atoms with Crippen LogP contribution in [0, 0.1) is 58.2 Å². The Balaban J connectivity index is 1.69. The smallest absolute Gasteiger partial charge is 0.306 e. The Labute approximate surface area is 194 Å². The fourth-order valence-electron chi connectivity index (χ4n) is 2.37. The first-order valence-corrected chi connectivity index (χ1v) is 9.48. The average Bonchev–Trinajstić information content (AvgIpc) is 2.86. The Kier molecular flexibility index (Phi) is 9.75. The molecule has 0 aromatic heterocycles. The van der Waals surface area contributed by atoms with E-state index in [2.05, 4.69) is 18.9 Å². The molecule has 0 fully saturated rings. The summed E-state index contributed by atoms with van der Waals surface area (Å²) in [5.41, 5.74) is 0. The van der Waals surface area contributed by atoms with Gasteiger partial charge in [-0.25, -0.2) is 26.3 Å². The van der Waals surface area contributed by atoms with Gasteiger partial charge in [0.05, 0.1) is 12.8 Å². The van der Waals surface area contributed by atoms with Gasteiger partial charge in [0, 0.05) is 0 Å². The molecule has 0 heterocycles. The zero-order valence-electron chi connectivity index (χ0n) is 17.5. The molecular formula is C20H12F10O6. The van der Waals surface area contributed by atoms with Crippen LogP contribution in [0.3, 0.4) is 0 Å². The van der Waals surface area contributed by atoms with E-state index in [1.807, 2.05) is 0 Å². The lowest BCUT2D eigenvalue weighted by Gasteiger charge is -2.11. The highest BCUT2D eigenvalue weighted by Crippen LogP contribution is 2.30. The zero-order chi connectivity index (χ0) is 27.2. The van der Waals surface area contributed by atoms with E-state index in [4.69, 9.17) is 0 Å². The minimum Gasteiger partial charge on any atom is -0.484 e. The van der Waals surface area contributed by atoms with Crippen LogP contribution in [0.1, 0.15) is 12.8 Å². The molecule has 0 aliphatic rings. The van der Waals surface area contributed by atoms with Gasteiger partial charge in [-0.15, -0.1) is 0 Å². The van der Waals surface area contributed by atoms with Crippen molar-refractivity contribution in [3.63, 3.8) is 0 Å². The molecule has 2 rings (SSSR count). The summed E-state index contributed by atoms with van der Waals surface area (Å²) < 4.78 is 150. The van der Waals surface area contributed by atoms with Crippen molar-refractivity contribution in [3.05, 3.63) is 58.2 Å². The van der Waals surface area contributed by atoms with Crippen molar-refractivity contribution in [2.45, 2.75) is 12.8 Å². The van der Waals surface area contributed by atoms with Crippen LogP contribution in [0.2, 0.25) is 0 Å². The highest BCUT2D eigenvalue weighted by Gasteiger charge is 2.28. The van der Waals surface area contributed by atoms with E-state index in [-0.39, 0.29) is 0 Å². The molecule has 0 unspecified atom stereocenters. The van der Waals surface area contributed by atoms with Gasteiger partial charge < -0.3 is 18.9 Å². The molecule has 2 aromatic carbocycles. The predicted octanol–water partition coefficient (Wildman–Crippen LogP) is 4.40. The van der Waals surface area contributed by atoms with Gasteiger partial charge in [-0.05, 0) is 0 Å². The standard InChI is InChI=1S/C20H12F10O6/c21-9-11(23)15(27)19(16(28)12(9)24)35-5-3-33-7(31)1-2-8(32)34-4-6-36-20-17(29)13(25)10(22)14(26)18(20)30/h1-6H2. The molecule has 36 heavy (non-hydrogen) atoms. The van der Waals surface area contributed by atoms with Crippen molar-refractivity contribution in [1.29, 1.82) is 0 Å². The number of benzene rings is 2. The van der Waals surface area contributed by atoms with Gasteiger partial charge in [-0.3, -0.25) is 9.59 Å². The number of hydrogen-bond donors (Lipinski definition) is 0. The van der Waals surface area contributed by atoms with Crippen molar-refractivity contribution < 1.29 is 72.4 Å². The van der Waals surface area contributed by atoms with Crippen LogP contribution < -0.4 is 9.47 Å². The normalized spacial score (nSPS) is 10.8. The second-order valence-corrected chi connectivity index (χ2v) is 6.44. The average molecular weight is 538 g/mol. The predicted molar refractivity (Wildman–Crippen MR) is 94.6 cm³/mol. The molecular weight excluding hydrogens is 526 g/mol. The van der Waals surface area contributed by atoms with E-state index >= 15 is 0 Å². The second kappa shape index (κ2) is 12.3. The number of ether oxygens (including phenoxy) is 4. The summed E-state index contributed by atoms with van der Waals surface area (Å²) in [6.07, 6.45) is -1.22. The third-order valence-corrected chi connectivity index (χ3v) is 4.06. The molecule has 0 N–H and O–H groups in total. The van der Waals surface area contributed by atoms with Gasteiger partial charge in [-0.1, -0.05) is 0 Å². The number of rotatable bonds is 11. The molecule has 0 spiro atoms. The van der Waals surface area contributed by atoms with Crippen molar-refractivity contribution in [3.8, 4) is 11.5 Å². The van der Waals surface area contributed by atoms with E-state index in [1.165, 1.54) is 0 Å². The Morgan fingerprint density at radius 1 is 0.417 bits per heavy atom. The lowest BCUT2D eigenvalue weighted by molar-refractivity contribution is -0.151.